The molecule has 164 valence electrons. The number of nitrogens with one attached hydrogen (secondary N) is 1. The first-order valence-corrected chi connectivity index (χ1v) is 11.7. The molecular weight excluding hydrogens is 420 g/mol. The van der Waals surface area contributed by atoms with E-state index in [0.29, 0.717) is 43.0 Å². The van der Waals surface area contributed by atoms with Crippen LogP contribution in [0.15, 0.2) is 35.2 Å². The number of sulfone groups is 1. The highest BCUT2D eigenvalue weighted by Gasteiger charge is 2.33. The lowest BCUT2D eigenvalue weighted by atomic mass is 10.00. The van der Waals surface area contributed by atoms with Crippen molar-refractivity contribution in [3.05, 3.63) is 41.5 Å². The molecule has 0 atom stereocenters. The molecule has 0 saturated carbocycles. The first-order chi connectivity index (χ1) is 14.8. The number of ether oxygens (including phenoxy) is 2. The summed E-state index contributed by atoms with van der Waals surface area (Å²) in [7, 11) is -0.629. The Labute approximate surface area is 181 Å². The maximum atomic E-state index is 12.9. The number of aryl methyl sites for hydroxylation is 1. The molecule has 0 aromatic heterocycles. The molecule has 0 spiro atoms. The number of anilines is 2. The zero-order valence-electron chi connectivity index (χ0n) is 17.4. The zero-order valence-corrected chi connectivity index (χ0v) is 18.3. The molecule has 2 amide bonds. The smallest absolute Gasteiger partial charge is 0.227 e. The minimum absolute atomic E-state index is 0.0914. The van der Waals surface area contributed by atoms with Gasteiger partial charge in [0.1, 0.15) is 0 Å². The molecule has 8 nitrogen and oxygen atoms in total. The molecule has 31 heavy (non-hydrogen) atoms. The van der Waals surface area contributed by atoms with Crippen LogP contribution in [0, 0.1) is 0 Å². The zero-order chi connectivity index (χ0) is 22.2. The van der Waals surface area contributed by atoms with Crippen LogP contribution in [0.3, 0.4) is 0 Å². The SMILES string of the molecule is COc1ccc(NC(=O)CCS(=O)(=O)c2cc3c4c(c2)CCN4C(=O)CC3)cc1OC. The van der Waals surface area contributed by atoms with Crippen molar-refractivity contribution in [2.24, 2.45) is 0 Å². The van der Waals surface area contributed by atoms with Crippen LogP contribution in [-0.2, 0) is 32.3 Å². The van der Waals surface area contributed by atoms with E-state index < -0.39 is 15.7 Å². The van der Waals surface area contributed by atoms with E-state index in [2.05, 4.69) is 5.32 Å². The molecule has 0 bridgehead atoms. The van der Waals surface area contributed by atoms with Gasteiger partial charge in [-0.05, 0) is 48.2 Å². The summed E-state index contributed by atoms with van der Waals surface area (Å²) in [4.78, 5) is 26.4. The molecule has 2 aliphatic rings. The maximum Gasteiger partial charge on any atom is 0.227 e. The largest absolute Gasteiger partial charge is 0.493 e. The second kappa shape index (κ2) is 8.22. The highest BCUT2D eigenvalue weighted by molar-refractivity contribution is 7.91. The summed E-state index contributed by atoms with van der Waals surface area (Å²) in [6.07, 6.45) is 1.41. The normalized spacial score (nSPS) is 14.9. The highest BCUT2D eigenvalue weighted by atomic mass is 32.2. The first-order valence-electron chi connectivity index (χ1n) is 10.0. The van der Waals surface area contributed by atoms with E-state index in [1.165, 1.54) is 14.2 Å². The molecule has 0 aliphatic carbocycles. The molecule has 4 rings (SSSR count). The minimum atomic E-state index is -3.64. The van der Waals surface area contributed by atoms with Gasteiger partial charge in [0.25, 0.3) is 0 Å². The van der Waals surface area contributed by atoms with Gasteiger partial charge in [-0.15, -0.1) is 0 Å². The number of carbonyl (C=O) groups excluding carboxylic acids is 2. The van der Waals surface area contributed by atoms with Crippen LogP contribution in [0.1, 0.15) is 24.0 Å². The van der Waals surface area contributed by atoms with Crippen molar-refractivity contribution in [3.63, 3.8) is 0 Å². The number of hydrogen-bond acceptors (Lipinski definition) is 6. The second-order valence-electron chi connectivity index (χ2n) is 7.57. The summed E-state index contributed by atoms with van der Waals surface area (Å²) in [5, 5.41) is 2.69. The van der Waals surface area contributed by atoms with E-state index in [9.17, 15) is 18.0 Å². The van der Waals surface area contributed by atoms with Gasteiger partial charge in [-0.1, -0.05) is 0 Å². The molecule has 1 N–H and O–H groups in total. The molecular formula is C22H24N2O6S. The van der Waals surface area contributed by atoms with Gasteiger partial charge in [-0.2, -0.15) is 0 Å². The number of benzene rings is 2. The van der Waals surface area contributed by atoms with E-state index >= 15 is 0 Å². The van der Waals surface area contributed by atoms with Crippen molar-refractivity contribution in [3.8, 4) is 11.5 Å². The minimum Gasteiger partial charge on any atom is -0.493 e. The summed E-state index contributed by atoms with van der Waals surface area (Å²) in [5.74, 6) is 0.382. The highest BCUT2D eigenvalue weighted by Crippen LogP contribution is 2.38. The quantitative estimate of drug-likeness (QED) is 0.703. The lowest BCUT2D eigenvalue weighted by Crippen LogP contribution is -2.32. The van der Waals surface area contributed by atoms with Gasteiger partial charge >= 0.3 is 0 Å². The number of hydrogen-bond donors (Lipinski definition) is 1. The molecule has 2 aromatic carbocycles. The van der Waals surface area contributed by atoms with Gasteiger partial charge < -0.3 is 19.7 Å². The number of carbonyl (C=O) groups is 2. The van der Waals surface area contributed by atoms with Crippen LogP contribution >= 0.6 is 0 Å². The fourth-order valence-electron chi connectivity index (χ4n) is 4.09. The fourth-order valence-corrected chi connectivity index (χ4v) is 5.42. The van der Waals surface area contributed by atoms with E-state index in [1.54, 1.807) is 35.2 Å². The molecule has 0 radical (unpaired) electrons. The van der Waals surface area contributed by atoms with Crippen molar-refractivity contribution in [2.45, 2.75) is 30.6 Å². The van der Waals surface area contributed by atoms with Gasteiger partial charge in [0.2, 0.25) is 11.8 Å². The predicted molar refractivity (Wildman–Crippen MR) is 116 cm³/mol. The van der Waals surface area contributed by atoms with Gasteiger partial charge in [0, 0.05) is 31.1 Å². The average molecular weight is 445 g/mol. The third kappa shape index (κ3) is 4.10. The lowest BCUT2D eigenvalue weighted by Gasteiger charge is -2.25. The molecule has 2 aromatic rings. The lowest BCUT2D eigenvalue weighted by molar-refractivity contribution is -0.119. The van der Waals surface area contributed by atoms with Crippen LogP contribution in [0.4, 0.5) is 11.4 Å². The second-order valence-corrected chi connectivity index (χ2v) is 9.68. The Morgan fingerprint density at radius 2 is 1.74 bits per heavy atom. The van der Waals surface area contributed by atoms with E-state index in [1.807, 2.05) is 0 Å². The number of rotatable bonds is 7. The average Bonchev–Trinajstić information content (AvgIpc) is 3.20. The van der Waals surface area contributed by atoms with Crippen molar-refractivity contribution < 1.29 is 27.5 Å². The Morgan fingerprint density at radius 3 is 2.45 bits per heavy atom. The molecule has 0 unspecified atom stereocenters. The van der Waals surface area contributed by atoms with Crippen LogP contribution < -0.4 is 19.7 Å². The number of methoxy groups -OCH3 is 2. The fraction of sp³-hybridized carbons (Fsp3) is 0.364. The van der Waals surface area contributed by atoms with Gasteiger partial charge in [0.05, 0.1) is 30.6 Å². The third-order valence-corrected chi connectivity index (χ3v) is 7.35. The Balaban J connectivity index is 1.45. The summed E-state index contributed by atoms with van der Waals surface area (Å²) >= 11 is 0. The number of nitrogens with zero attached hydrogens (tertiary/aromatic N) is 1. The maximum absolute atomic E-state index is 12.9. The van der Waals surface area contributed by atoms with E-state index in [0.717, 1.165) is 16.8 Å². The Bertz CT molecular complexity index is 1160. The van der Waals surface area contributed by atoms with Crippen LogP contribution in [-0.4, -0.2) is 46.7 Å². The third-order valence-electron chi connectivity index (χ3n) is 5.65. The Kier molecular flexibility index (Phi) is 5.62. The summed E-state index contributed by atoms with van der Waals surface area (Å²) in [6, 6.07) is 8.25. The summed E-state index contributed by atoms with van der Waals surface area (Å²) in [5.41, 5.74) is 3.15. The molecule has 2 aliphatic heterocycles. The van der Waals surface area contributed by atoms with Crippen molar-refractivity contribution in [1.82, 2.24) is 0 Å². The Hall–Kier alpha value is -3.07. The predicted octanol–water partition coefficient (Wildman–Crippen LogP) is 2.34. The number of amides is 2. The van der Waals surface area contributed by atoms with Crippen LogP contribution in [0.25, 0.3) is 0 Å². The van der Waals surface area contributed by atoms with Crippen molar-refractivity contribution >= 4 is 33.0 Å². The summed E-state index contributed by atoms with van der Waals surface area (Å²) < 4.78 is 36.2. The van der Waals surface area contributed by atoms with E-state index in [-0.39, 0.29) is 23.0 Å². The van der Waals surface area contributed by atoms with Crippen LogP contribution in [0.2, 0.25) is 0 Å². The van der Waals surface area contributed by atoms with Gasteiger partial charge in [0.15, 0.2) is 21.3 Å². The van der Waals surface area contributed by atoms with Gasteiger partial charge in [-0.25, -0.2) is 8.42 Å². The van der Waals surface area contributed by atoms with Gasteiger partial charge in [-0.3, -0.25) is 9.59 Å². The monoisotopic (exact) mass is 444 g/mol. The standard InChI is InChI=1S/C22H24N2O6S/c1-29-18-5-4-16(13-19(18)30-2)23-20(25)8-10-31(27,28)17-11-14-3-6-21(26)24-9-7-15(12-17)22(14)24/h4-5,11-13H,3,6-10H2,1-2H3,(H,23,25). The van der Waals surface area contributed by atoms with Crippen molar-refractivity contribution in [2.75, 3.05) is 36.7 Å². The Morgan fingerprint density at radius 1 is 1.03 bits per heavy atom. The van der Waals surface area contributed by atoms with Crippen molar-refractivity contribution in [1.29, 1.82) is 0 Å². The molecule has 0 fully saturated rings. The van der Waals surface area contributed by atoms with Crippen LogP contribution in [0.5, 0.6) is 11.5 Å². The topological polar surface area (TPSA) is 102 Å². The molecule has 9 heteroatoms. The first kappa shape index (κ1) is 21.2. The summed E-state index contributed by atoms with van der Waals surface area (Å²) in [6.45, 7) is 0.596. The molecule has 0 saturated heterocycles. The van der Waals surface area contributed by atoms with E-state index in [4.69, 9.17) is 9.47 Å². The molecule has 2 heterocycles.